The van der Waals surface area contributed by atoms with Crippen molar-refractivity contribution >= 4 is 12.1 Å². The van der Waals surface area contributed by atoms with Crippen LogP contribution in [0.3, 0.4) is 0 Å². The van der Waals surface area contributed by atoms with Crippen molar-refractivity contribution in [2.24, 2.45) is 0 Å². The van der Waals surface area contributed by atoms with Gasteiger partial charge >= 0.3 is 12.1 Å². The van der Waals surface area contributed by atoms with E-state index in [2.05, 4.69) is 10.3 Å². The van der Waals surface area contributed by atoms with Gasteiger partial charge in [0.1, 0.15) is 24.0 Å². The van der Waals surface area contributed by atoms with Crippen LogP contribution < -0.4 is 5.32 Å². The maximum atomic E-state index is 11.8. The van der Waals surface area contributed by atoms with Crippen molar-refractivity contribution in [3.8, 4) is 11.8 Å². The van der Waals surface area contributed by atoms with Crippen LogP contribution in [0.1, 0.15) is 32.0 Å². The van der Waals surface area contributed by atoms with E-state index in [1.54, 1.807) is 55.8 Å². The maximum Gasteiger partial charge on any atom is 0.408 e. The molecule has 0 spiro atoms. The molecule has 0 saturated carbocycles. The average molecular weight is 356 g/mol. The Hall–Kier alpha value is -3.34. The number of imidazole rings is 1. The predicted octanol–water partition coefficient (Wildman–Crippen LogP) is 2.26. The number of carbonyl (C=O) groups excluding carboxylic acids is 1. The SMILES string of the molecule is CC(C)(C)OC(=O)N[C@@H](Cc1ccc(-n2cnc(C#N)c2)cc1)C(=O)O. The molecule has 0 saturated heterocycles. The first-order valence-corrected chi connectivity index (χ1v) is 7.93. The van der Waals surface area contributed by atoms with Crippen LogP contribution in [-0.2, 0) is 16.0 Å². The van der Waals surface area contributed by atoms with Crippen LogP contribution >= 0.6 is 0 Å². The summed E-state index contributed by atoms with van der Waals surface area (Å²) in [6, 6.07) is 7.93. The summed E-state index contributed by atoms with van der Waals surface area (Å²) in [5.74, 6) is -1.15. The summed E-state index contributed by atoms with van der Waals surface area (Å²) in [5.41, 5.74) is 1.12. The number of benzene rings is 1. The van der Waals surface area contributed by atoms with Gasteiger partial charge in [-0.15, -0.1) is 0 Å². The molecule has 1 atom stereocenters. The molecule has 8 heteroatoms. The van der Waals surface area contributed by atoms with Gasteiger partial charge in [-0.05, 0) is 38.5 Å². The molecule has 8 nitrogen and oxygen atoms in total. The maximum absolute atomic E-state index is 11.8. The summed E-state index contributed by atoms with van der Waals surface area (Å²) in [5, 5.41) is 20.5. The van der Waals surface area contributed by atoms with E-state index in [0.717, 1.165) is 11.3 Å². The largest absolute Gasteiger partial charge is 0.480 e. The van der Waals surface area contributed by atoms with E-state index < -0.39 is 23.7 Å². The molecule has 2 aromatic rings. The van der Waals surface area contributed by atoms with Crippen molar-refractivity contribution in [2.45, 2.75) is 38.8 Å². The average Bonchev–Trinajstić information content (AvgIpc) is 3.02. The standard InChI is InChI=1S/C18H20N4O4/c1-18(2,3)26-17(25)21-15(16(23)24)8-12-4-6-14(7-5-12)22-10-13(9-19)20-11-22/h4-7,10-11,15H,8H2,1-3H3,(H,21,25)(H,23,24)/t15-/m0/s1. The first-order chi connectivity index (χ1) is 12.2. The molecule has 2 rings (SSSR count). The Morgan fingerprint density at radius 3 is 2.50 bits per heavy atom. The second kappa shape index (κ2) is 7.70. The van der Waals surface area contributed by atoms with E-state index in [1.807, 2.05) is 6.07 Å². The molecular formula is C18H20N4O4. The van der Waals surface area contributed by atoms with Crippen molar-refractivity contribution < 1.29 is 19.4 Å². The fraction of sp³-hybridized carbons (Fsp3) is 0.333. The molecule has 0 radical (unpaired) electrons. The Bertz CT molecular complexity index is 828. The number of carboxylic acid groups (broad SMARTS) is 1. The van der Waals surface area contributed by atoms with Crippen LogP contribution in [0, 0.1) is 11.3 Å². The zero-order valence-corrected chi connectivity index (χ0v) is 14.8. The molecule has 0 aliphatic carbocycles. The summed E-state index contributed by atoms with van der Waals surface area (Å²) < 4.78 is 6.79. The van der Waals surface area contributed by atoms with Crippen molar-refractivity contribution in [2.75, 3.05) is 0 Å². The monoisotopic (exact) mass is 356 g/mol. The normalized spacial score (nSPS) is 12.1. The van der Waals surface area contributed by atoms with Gasteiger partial charge in [-0.1, -0.05) is 12.1 Å². The lowest BCUT2D eigenvalue weighted by Crippen LogP contribution is -2.44. The van der Waals surface area contributed by atoms with Crippen molar-refractivity contribution in [1.29, 1.82) is 5.26 Å². The van der Waals surface area contributed by atoms with E-state index in [-0.39, 0.29) is 6.42 Å². The quantitative estimate of drug-likeness (QED) is 0.848. The van der Waals surface area contributed by atoms with E-state index in [0.29, 0.717) is 5.69 Å². The van der Waals surface area contributed by atoms with Gasteiger partial charge in [0.15, 0.2) is 5.69 Å². The Balaban J connectivity index is 2.06. The molecule has 0 aliphatic heterocycles. The Labute approximate surface area is 151 Å². The number of alkyl carbamates (subject to hydrolysis) is 1. The molecule has 136 valence electrons. The lowest BCUT2D eigenvalue weighted by atomic mass is 10.1. The lowest BCUT2D eigenvalue weighted by Gasteiger charge is -2.22. The third kappa shape index (κ3) is 5.34. The van der Waals surface area contributed by atoms with Gasteiger partial charge < -0.3 is 19.7 Å². The number of amides is 1. The van der Waals surface area contributed by atoms with Crippen LogP contribution in [0.15, 0.2) is 36.8 Å². The molecule has 1 amide bonds. The van der Waals surface area contributed by atoms with Crippen LogP contribution in [-0.4, -0.2) is 38.4 Å². The summed E-state index contributed by atoms with van der Waals surface area (Å²) in [6.45, 7) is 5.11. The van der Waals surface area contributed by atoms with Crippen LogP contribution in [0.4, 0.5) is 4.79 Å². The van der Waals surface area contributed by atoms with Gasteiger partial charge in [-0.2, -0.15) is 5.26 Å². The highest BCUT2D eigenvalue weighted by Gasteiger charge is 2.24. The fourth-order valence-corrected chi connectivity index (χ4v) is 2.21. The summed E-state index contributed by atoms with van der Waals surface area (Å²) in [4.78, 5) is 27.1. The van der Waals surface area contributed by atoms with Gasteiger partial charge in [0, 0.05) is 18.3 Å². The number of nitrogens with zero attached hydrogens (tertiary/aromatic N) is 3. The zero-order chi connectivity index (χ0) is 19.3. The Kier molecular flexibility index (Phi) is 5.62. The smallest absolute Gasteiger partial charge is 0.408 e. The predicted molar refractivity (Wildman–Crippen MR) is 92.8 cm³/mol. The number of nitrogens with one attached hydrogen (secondary N) is 1. The summed E-state index contributed by atoms with van der Waals surface area (Å²) in [6.07, 6.45) is 2.46. The minimum absolute atomic E-state index is 0.113. The lowest BCUT2D eigenvalue weighted by molar-refractivity contribution is -0.139. The number of rotatable bonds is 5. The highest BCUT2D eigenvalue weighted by atomic mass is 16.6. The molecule has 1 aromatic carbocycles. The van der Waals surface area contributed by atoms with E-state index in [1.165, 1.54) is 6.33 Å². The number of carboxylic acids is 1. The summed E-state index contributed by atoms with van der Waals surface area (Å²) >= 11 is 0. The van der Waals surface area contributed by atoms with E-state index >= 15 is 0 Å². The first kappa shape index (κ1) is 19.0. The summed E-state index contributed by atoms with van der Waals surface area (Å²) in [7, 11) is 0. The highest BCUT2D eigenvalue weighted by Crippen LogP contribution is 2.13. The molecule has 1 aromatic heterocycles. The molecule has 0 aliphatic rings. The van der Waals surface area contributed by atoms with Gasteiger partial charge in [0.25, 0.3) is 0 Å². The van der Waals surface area contributed by atoms with Crippen LogP contribution in [0.5, 0.6) is 0 Å². The minimum atomic E-state index is -1.15. The number of aliphatic carboxylic acids is 1. The number of aromatic nitrogens is 2. The molecule has 0 fully saturated rings. The van der Waals surface area contributed by atoms with Crippen LogP contribution in [0.2, 0.25) is 0 Å². The second-order valence-electron chi connectivity index (χ2n) is 6.69. The van der Waals surface area contributed by atoms with Gasteiger partial charge in [0.2, 0.25) is 0 Å². The van der Waals surface area contributed by atoms with E-state index in [4.69, 9.17) is 10.00 Å². The molecule has 2 N–H and O–H groups in total. The van der Waals surface area contributed by atoms with Crippen molar-refractivity contribution in [3.05, 3.63) is 48.0 Å². The Morgan fingerprint density at radius 1 is 1.35 bits per heavy atom. The molecule has 0 unspecified atom stereocenters. The third-order valence-corrected chi connectivity index (χ3v) is 3.36. The number of nitriles is 1. The highest BCUT2D eigenvalue weighted by molar-refractivity contribution is 5.80. The van der Waals surface area contributed by atoms with E-state index in [9.17, 15) is 14.7 Å². The number of carbonyl (C=O) groups is 2. The minimum Gasteiger partial charge on any atom is -0.480 e. The Morgan fingerprint density at radius 2 is 2.00 bits per heavy atom. The molecular weight excluding hydrogens is 336 g/mol. The number of hydrogen-bond acceptors (Lipinski definition) is 5. The molecule has 1 heterocycles. The number of ether oxygens (including phenoxy) is 1. The van der Waals surface area contributed by atoms with Crippen LogP contribution in [0.25, 0.3) is 5.69 Å². The van der Waals surface area contributed by atoms with Gasteiger partial charge in [0.05, 0.1) is 0 Å². The second-order valence-corrected chi connectivity index (χ2v) is 6.69. The van der Waals surface area contributed by atoms with Crippen molar-refractivity contribution in [3.63, 3.8) is 0 Å². The third-order valence-electron chi connectivity index (χ3n) is 3.36. The molecule has 0 bridgehead atoms. The fourth-order valence-electron chi connectivity index (χ4n) is 2.21. The molecule has 26 heavy (non-hydrogen) atoms. The van der Waals surface area contributed by atoms with Crippen molar-refractivity contribution in [1.82, 2.24) is 14.9 Å². The van der Waals surface area contributed by atoms with Gasteiger partial charge in [-0.25, -0.2) is 14.6 Å². The number of hydrogen-bond donors (Lipinski definition) is 2. The first-order valence-electron chi connectivity index (χ1n) is 7.93. The topological polar surface area (TPSA) is 117 Å². The zero-order valence-electron chi connectivity index (χ0n) is 14.8. The van der Waals surface area contributed by atoms with Gasteiger partial charge in [-0.3, -0.25) is 0 Å².